The second-order valence-electron chi connectivity index (χ2n) is 4.30. The summed E-state index contributed by atoms with van der Waals surface area (Å²) in [6.45, 7) is 3.48. The van der Waals surface area contributed by atoms with Gasteiger partial charge in [-0.05, 0) is 38.3 Å². The highest BCUT2D eigenvalue weighted by molar-refractivity contribution is 5.90. The van der Waals surface area contributed by atoms with E-state index in [4.69, 9.17) is 4.74 Å². The van der Waals surface area contributed by atoms with Gasteiger partial charge >= 0.3 is 5.97 Å². The Labute approximate surface area is 114 Å². The lowest BCUT2D eigenvalue weighted by Crippen LogP contribution is -2.08. The summed E-state index contributed by atoms with van der Waals surface area (Å²) in [5.74, 6) is 0.438. The van der Waals surface area contributed by atoms with Gasteiger partial charge < -0.3 is 14.8 Å². The topological polar surface area (TPSA) is 60.5 Å². The van der Waals surface area contributed by atoms with E-state index in [1.165, 1.54) is 7.11 Å². The van der Waals surface area contributed by atoms with Crippen LogP contribution in [0.15, 0.2) is 12.1 Å². The fourth-order valence-corrected chi connectivity index (χ4v) is 1.75. The first-order valence-electron chi connectivity index (χ1n) is 6.47. The van der Waals surface area contributed by atoms with Gasteiger partial charge in [0.05, 0.1) is 18.4 Å². The van der Waals surface area contributed by atoms with Gasteiger partial charge in [-0.2, -0.15) is 0 Å². The molecule has 0 saturated heterocycles. The molecule has 0 radical (unpaired) electrons. The maximum absolute atomic E-state index is 11.4. The van der Waals surface area contributed by atoms with Crippen LogP contribution in [-0.4, -0.2) is 38.3 Å². The van der Waals surface area contributed by atoms with Crippen molar-refractivity contribution >= 4 is 11.8 Å². The Morgan fingerprint density at radius 3 is 2.68 bits per heavy atom. The fourth-order valence-electron chi connectivity index (χ4n) is 1.75. The van der Waals surface area contributed by atoms with E-state index in [-0.39, 0.29) is 5.97 Å². The largest absolute Gasteiger partial charge is 0.465 e. The van der Waals surface area contributed by atoms with E-state index in [1.54, 1.807) is 26.2 Å². The number of hydrogen-bond acceptors (Lipinski definition) is 5. The van der Waals surface area contributed by atoms with Gasteiger partial charge in [-0.1, -0.05) is 0 Å². The third kappa shape index (κ3) is 5.26. The van der Waals surface area contributed by atoms with E-state index >= 15 is 0 Å². The molecule has 5 nitrogen and oxygen atoms in total. The Morgan fingerprint density at radius 2 is 2.05 bits per heavy atom. The van der Waals surface area contributed by atoms with Crippen molar-refractivity contribution in [2.45, 2.75) is 26.2 Å². The van der Waals surface area contributed by atoms with E-state index < -0.39 is 0 Å². The van der Waals surface area contributed by atoms with E-state index in [2.05, 4.69) is 15.0 Å². The summed E-state index contributed by atoms with van der Waals surface area (Å²) >= 11 is 0. The number of methoxy groups -OCH3 is 2. The van der Waals surface area contributed by atoms with Crippen molar-refractivity contribution in [1.29, 1.82) is 0 Å². The van der Waals surface area contributed by atoms with Gasteiger partial charge in [0, 0.05) is 20.3 Å². The Hall–Kier alpha value is -1.62. The Morgan fingerprint density at radius 1 is 1.26 bits per heavy atom. The summed E-state index contributed by atoms with van der Waals surface area (Å²) in [5.41, 5.74) is 1.18. The van der Waals surface area contributed by atoms with Crippen molar-refractivity contribution < 1.29 is 14.3 Å². The molecule has 0 aliphatic rings. The molecule has 0 spiro atoms. The van der Waals surface area contributed by atoms with Gasteiger partial charge in [-0.3, -0.25) is 0 Å². The lowest BCUT2D eigenvalue weighted by atomic mass is 10.2. The number of ether oxygens (including phenoxy) is 2. The van der Waals surface area contributed by atoms with Crippen LogP contribution in [0.4, 0.5) is 5.82 Å². The number of carbonyl (C=O) groups is 1. The van der Waals surface area contributed by atoms with Crippen molar-refractivity contribution in [3.63, 3.8) is 0 Å². The zero-order valence-electron chi connectivity index (χ0n) is 11.9. The van der Waals surface area contributed by atoms with Gasteiger partial charge in [0.15, 0.2) is 0 Å². The van der Waals surface area contributed by atoms with E-state index in [1.807, 2.05) is 0 Å². The molecule has 0 aliphatic carbocycles. The summed E-state index contributed by atoms with van der Waals surface area (Å²) in [7, 11) is 3.09. The van der Waals surface area contributed by atoms with Gasteiger partial charge in [0.25, 0.3) is 0 Å². The van der Waals surface area contributed by atoms with E-state index in [0.717, 1.165) is 38.2 Å². The summed E-state index contributed by atoms with van der Waals surface area (Å²) in [4.78, 5) is 15.8. The van der Waals surface area contributed by atoms with Crippen molar-refractivity contribution in [2.24, 2.45) is 0 Å². The molecule has 0 aliphatic heterocycles. The molecule has 0 saturated carbocycles. The van der Waals surface area contributed by atoms with Gasteiger partial charge in [0.2, 0.25) is 0 Å². The molecular weight excluding hydrogens is 244 g/mol. The number of aryl methyl sites for hydroxylation is 1. The summed E-state index contributed by atoms with van der Waals surface area (Å²) in [6, 6.07) is 3.54. The second kappa shape index (κ2) is 8.48. The molecule has 106 valence electrons. The number of hydrogen-bond donors (Lipinski definition) is 1. The van der Waals surface area contributed by atoms with Gasteiger partial charge in [-0.15, -0.1) is 0 Å². The van der Waals surface area contributed by atoms with Crippen LogP contribution in [-0.2, 0) is 9.47 Å². The number of carbonyl (C=O) groups excluding carboxylic acids is 1. The maximum Gasteiger partial charge on any atom is 0.339 e. The van der Waals surface area contributed by atoms with Crippen LogP contribution in [0.2, 0.25) is 0 Å². The lowest BCUT2D eigenvalue weighted by Gasteiger charge is -2.08. The SMILES string of the molecule is COCCCCCNc1ccc(C(=O)OC)c(C)n1. The van der Waals surface area contributed by atoms with Crippen LogP contribution < -0.4 is 5.32 Å². The zero-order valence-corrected chi connectivity index (χ0v) is 11.9. The molecule has 1 aromatic heterocycles. The summed E-state index contributed by atoms with van der Waals surface area (Å²) in [6.07, 6.45) is 3.27. The van der Waals surface area contributed by atoms with Crippen LogP contribution in [0.1, 0.15) is 35.3 Å². The number of rotatable bonds is 8. The standard InChI is InChI=1S/C14H22N2O3/c1-11-12(14(17)19-3)7-8-13(16-11)15-9-5-4-6-10-18-2/h7-8H,4-6,9-10H2,1-3H3,(H,15,16). The molecular formula is C14H22N2O3. The molecule has 1 heterocycles. The van der Waals surface area contributed by atoms with Gasteiger partial charge in [-0.25, -0.2) is 9.78 Å². The molecule has 19 heavy (non-hydrogen) atoms. The molecule has 0 atom stereocenters. The third-order valence-electron chi connectivity index (χ3n) is 2.82. The Kier molecular flexibility index (Phi) is 6.89. The number of nitrogens with one attached hydrogen (secondary N) is 1. The number of pyridine rings is 1. The molecule has 0 fully saturated rings. The summed E-state index contributed by atoms with van der Waals surface area (Å²) in [5, 5.41) is 3.24. The average molecular weight is 266 g/mol. The first-order chi connectivity index (χ1) is 9.19. The molecule has 1 aromatic rings. The quantitative estimate of drug-likeness (QED) is 0.578. The van der Waals surface area contributed by atoms with Crippen LogP contribution in [0.3, 0.4) is 0 Å². The Balaban J connectivity index is 2.39. The number of nitrogens with zero attached hydrogens (tertiary/aromatic N) is 1. The minimum Gasteiger partial charge on any atom is -0.465 e. The lowest BCUT2D eigenvalue weighted by molar-refractivity contribution is 0.0599. The number of unbranched alkanes of at least 4 members (excludes halogenated alkanes) is 2. The third-order valence-corrected chi connectivity index (χ3v) is 2.82. The van der Waals surface area contributed by atoms with Crippen molar-refractivity contribution in [3.8, 4) is 0 Å². The number of anilines is 1. The number of aromatic nitrogens is 1. The predicted octanol–water partition coefficient (Wildman–Crippen LogP) is 2.41. The van der Waals surface area contributed by atoms with E-state index in [9.17, 15) is 4.79 Å². The minimum absolute atomic E-state index is 0.351. The van der Waals surface area contributed by atoms with Crippen molar-refractivity contribution in [3.05, 3.63) is 23.4 Å². The zero-order chi connectivity index (χ0) is 14.1. The maximum atomic E-state index is 11.4. The number of esters is 1. The van der Waals surface area contributed by atoms with Crippen LogP contribution in [0.5, 0.6) is 0 Å². The van der Waals surface area contributed by atoms with Crippen LogP contribution >= 0.6 is 0 Å². The first-order valence-corrected chi connectivity index (χ1v) is 6.47. The van der Waals surface area contributed by atoms with Crippen molar-refractivity contribution in [1.82, 2.24) is 4.98 Å². The normalized spacial score (nSPS) is 10.3. The molecule has 0 bridgehead atoms. The smallest absolute Gasteiger partial charge is 0.339 e. The molecule has 0 unspecified atom stereocenters. The highest BCUT2D eigenvalue weighted by atomic mass is 16.5. The van der Waals surface area contributed by atoms with E-state index in [0.29, 0.717) is 11.3 Å². The molecule has 1 N–H and O–H groups in total. The monoisotopic (exact) mass is 266 g/mol. The fraction of sp³-hybridized carbons (Fsp3) is 0.571. The van der Waals surface area contributed by atoms with Crippen LogP contribution in [0.25, 0.3) is 0 Å². The van der Waals surface area contributed by atoms with Crippen LogP contribution in [0, 0.1) is 6.92 Å². The molecule has 0 aromatic carbocycles. The summed E-state index contributed by atoms with van der Waals surface area (Å²) < 4.78 is 9.67. The first kappa shape index (κ1) is 15.4. The predicted molar refractivity (Wildman–Crippen MR) is 74.5 cm³/mol. The van der Waals surface area contributed by atoms with Gasteiger partial charge in [0.1, 0.15) is 5.82 Å². The average Bonchev–Trinajstić information content (AvgIpc) is 2.42. The highest BCUT2D eigenvalue weighted by Gasteiger charge is 2.10. The molecule has 1 rings (SSSR count). The highest BCUT2D eigenvalue weighted by Crippen LogP contribution is 2.11. The minimum atomic E-state index is -0.351. The Bertz CT molecular complexity index is 408. The molecule has 0 amide bonds. The van der Waals surface area contributed by atoms with Crippen molar-refractivity contribution in [2.75, 3.05) is 32.7 Å². The second-order valence-corrected chi connectivity index (χ2v) is 4.30. The molecule has 5 heteroatoms.